The summed E-state index contributed by atoms with van der Waals surface area (Å²) in [6.07, 6.45) is -31.4. The van der Waals surface area contributed by atoms with Gasteiger partial charge >= 0.3 is 0 Å². The average Bonchev–Trinajstić information content (AvgIpc) is 3.28. The minimum Gasteiger partial charge on any atom is -0.412 e. The van der Waals surface area contributed by atoms with Crippen molar-refractivity contribution in [3.05, 3.63) is 0 Å². The fourth-order valence-corrected chi connectivity index (χ4v) is 5.39. The molecule has 4 aliphatic rings. The topological polar surface area (TPSA) is 442 Å². The van der Waals surface area contributed by atoms with Gasteiger partial charge in [0.05, 0.1) is 26.4 Å². The summed E-state index contributed by atoms with van der Waals surface area (Å²) in [6.45, 7) is -4.02. The molecule has 0 aromatic carbocycles. The van der Waals surface area contributed by atoms with Crippen LogP contribution in [0.5, 0.6) is 0 Å². The Balaban J connectivity index is 0.00000384. The van der Waals surface area contributed by atoms with E-state index in [1.165, 1.54) is 0 Å². The summed E-state index contributed by atoms with van der Waals surface area (Å²) in [5, 5.41) is 141. The molecule has 4 fully saturated rings. The number of hydrogen-bond donors (Lipinski definition) is 14. The van der Waals surface area contributed by atoms with Crippen LogP contribution in [-0.2, 0) is 33.2 Å². The summed E-state index contributed by atoms with van der Waals surface area (Å²) in [7, 11) is 0. The van der Waals surface area contributed by atoms with Gasteiger partial charge in [-0.05, 0) is 0 Å². The molecule has 24 heteroatoms. The molecule has 4 rings (SSSR count). The maximum Gasteiger partial charge on any atom is 0.224 e. The zero-order valence-electron chi connectivity index (χ0n) is 25.0. The lowest BCUT2D eigenvalue weighted by molar-refractivity contribution is -0.388. The number of aliphatic hydroxyl groups is 14. The molecule has 0 radical (unpaired) electrons. The second kappa shape index (κ2) is 18.5. The summed E-state index contributed by atoms with van der Waals surface area (Å²) < 4.78 is 37.6. The monoisotopic (exact) mass is 720 g/mol. The van der Waals surface area contributed by atoms with Crippen molar-refractivity contribution in [3.8, 4) is 0 Å². The third-order valence-electron chi connectivity index (χ3n) is 8.26. The predicted octanol–water partition coefficient (Wildman–Crippen LogP) is -12.2. The van der Waals surface area contributed by atoms with Gasteiger partial charge in [-0.1, -0.05) is 0 Å². The van der Waals surface area contributed by atoms with Crippen LogP contribution >= 0.6 is 0 Å². The molecule has 19 atom stereocenters. The highest BCUT2D eigenvalue weighted by molar-refractivity contribution is 4.99. The first-order valence-corrected chi connectivity index (χ1v) is 14.1. The Bertz CT molecular complexity index is 934. The van der Waals surface area contributed by atoms with Crippen molar-refractivity contribution in [2.45, 2.75) is 116 Å². The number of rotatable bonds is 11. The molecule has 0 spiro atoms. The predicted molar refractivity (Wildman–Crippen MR) is 145 cm³/mol. The van der Waals surface area contributed by atoms with Crippen LogP contribution in [0.25, 0.3) is 0 Å². The molecule has 4 saturated heterocycles. The molecule has 0 saturated carbocycles. The highest BCUT2D eigenvalue weighted by Crippen LogP contribution is 2.36. The van der Waals surface area contributed by atoms with Crippen LogP contribution in [0.15, 0.2) is 0 Å². The van der Waals surface area contributed by atoms with Crippen molar-refractivity contribution < 1.29 is 121 Å². The Morgan fingerprint density at radius 2 is 0.812 bits per heavy atom. The smallest absolute Gasteiger partial charge is 0.224 e. The van der Waals surface area contributed by atoms with Gasteiger partial charge in [0.15, 0.2) is 18.9 Å². The fourth-order valence-electron chi connectivity index (χ4n) is 5.39. The van der Waals surface area contributed by atoms with Gasteiger partial charge in [0.1, 0.15) is 98.2 Å². The van der Waals surface area contributed by atoms with E-state index in [1.54, 1.807) is 0 Å². The first kappa shape index (κ1) is 45.1. The lowest BCUT2D eigenvalue weighted by Crippen LogP contribution is -2.64. The first-order valence-electron chi connectivity index (χ1n) is 14.1. The van der Waals surface area contributed by atoms with Crippen LogP contribution in [0, 0.1) is 0 Å². The molecule has 20 N–H and O–H groups in total. The van der Waals surface area contributed by atoms with Gasteiger partial charge in [0.25, 0.3) is 0 Å². The Labute approximate surface area is 270 Å². The molecule has 0 bridgehead atoms. The molecule has 4 heterocycles. The molecule has 48 heavy (non-hydrogen) atoms. The molecule has 24 nitrogen and oxygen atoms in total. The van der Waals surface area contributed by atoms with Gasteiger partial charge in [-0.15, -0.1) is 0 Å². The van der Waals surface area contributed by atoms with E-state index in [-0.39, 0.29) is 16.4 Å². The summed E-state index contributed by atoms with van der Waals surface area (Å²) in [5.74, 6) is -2.43. The Kier molecular flexibility index (Phi) is 17.4. The van der Waals surface area contributed by atoms with E-state index in [2.05, 4.69) is 0 Å². The molecular weight excluding hydrogens is 672 g/mol. The summed E-state index contributed by atoms with van der Waals surface area (Å²) >= 11 is 0. The van der Waals surface area contributed by atoms with E-state index in [9.17, 15) is 71.5 Å². The first-order chi connectivity index (χ1) is 21.2. The van der Waals surface area contributed by atoms with E-state index in [1.807, 2.05) is 0 Å². The molecule has 0 aliphatic carbocycles. The van der Waals surface area contributed by atoms with Crippen molar-refractivity contribution in [1.82, 2.24) is 0 Å². The second-order valence-electron chi connectivity index (χ2n) is 11.3. The maximum atomic E-state index is 10.5. The van der Waals surface area contributed by atoms with Gasteiger partial charge in [0.2, 0.25) is 5.79 Å². The van der Waals surface area contributed by atoms with Gasteiger partial charge in [0, 0.05) is 0 Å². The molecule has 0 aromatic rings. The molecular formula is C24H48O24. The van der Waals surface area contributed by atoms with Crippen LogP contribution in [0.1, 0.15) is 0 Å². The van der Waals surface area contributed by atoms with Gasteiger partial charge < -0.3 is 121 Å². The van der Waals surface area contributed by atoms with Crippen molar-refractivity contribution in [3.63, 3.8) is 0 Å². The van der Waals surface area contributed by atoms with Gasteiger partial charge in [-0.25, -0.2) is 0 Å². The quantitative estimate of drug-likeness (QED) is 0.0941. The highest BCUT2D eigenvalue weighted by atomic mass is 16.8. The maximum absolute atomic E-state index is 10.5. The van der Waals surface area contributed by atoms with Crippen LogP contribution in [0.2, 0.25) is 0 Å². The third kappa shape index (κ3) is 8.73. The number of hydrogen-bond acceptors (Lipinski definition) is 21. The highest BCUT2D eigenvalue weighted by Gasteiger charge is 2.58. The zero-order chi connectivity index (χ0) is 33.4. The van der Waals surface area contributed by atoms with E-state index in [0.717, 1.165) is 0 Å². The van der Waals surface area contributed by atoms with Crippen LogP contribution in [0.3, 0.4) is 0 Å². The summed E-state index contributed by atoms with van der Waals surface area (Å²) in [6, 6.07) is 0. The van der Waals surface area contributed by atoms with Crippen LogP contribution in [-0.4, -0.2) is 237 Å². The Morgan fingerprint density at radius 3 is 1.21 bits per heavy atom. The largest absolute Gasteiger partial charge is 0.412 e. The standard InChI is InChI=1S/C24H42O21.3H2O/c25-1-6-10(28)14(32)17(35)21(41-6)39-3-8-11(29)15(33)18(36)22(42-8)40-4-9-12(30)16(34)19(37)23(43-9)45-24(5-27)20(38)13(31)7(2-26)44-24;;;/h6-23,25-38H,1-5H2;3*1H2/t6-,7-,8-,9-,10+,11+,12-,13-,14-,15-,16+,17-,18-,19-,20+,21+,22+,23-,24+;;;/m1.../s1. The Hall–Kier alpha value is -0.960. The zero-order valence-corrected chi connectivity index (χ0v) is 25.0. The summed E-state index contributed by atoms with van der Waals surface area (Å²) in [5.41, 5.74) is 0. The lowest BCUT2D eigenvalue weighted by atomic mass is 9.98. The fraction of sp³-hybridized carbons (Fsp3) is 1.00. The van der Waals surface area contributed by atoms with Crippen molar-refractivity contribution in [1.29, 1.82) is 0 Å². The van der Waals surface area contributed by atoms with Crippen LogP contribution in [0.4, 0.5) is 0 Å². The molecule has 0 unspecified atom stereocenters. The summed E-state index contributed by atoms with van der Waals surface area (Å²) in [4.78, 5) is 0. The van der Waals surface area contributed by atoms with E-state index in [4.69, 9.17) is 33.2 Å². The lowest BCUT2D eigenvalue weighted by Gasteiger charge is -2.45. The minimum atomic E-state index is -2.43. The number of aliphatic hydroxyl groups excluding tert-OH is 14. The molecule has 288 valence electrons. The van der Waals surface area contributed by atoms with E-state index >= 15 is 0 Å². The van der Waals surface area contributed by atoms with Gasteiger partial charge in [-0.2, -0.15) is 0 Å². The second-order valence-corrected chi connectivity index (χ2v) is 11.3. The normalized spacial score (nSPS) is 49.4. The van der Waals surface area contributed by atoms with Crippen molar-refractivity contribution in [2.75, 3.05) is 33.0 Å². The van der Waals surface area contributed by atoms with Crippen molar-refractivity contribution >= 4 is 0 Å². The van der Waals surface area contributed by atoms with Crippen molar-refractivity contribution in [2.24, 2.45) is 0 Å². The SMILES string of the molecule is O.O.O.OC[C@H]1O[C@H](OC[C@H]2O[C@H](OC[C@H]3O[C@H](O[C@]4(CO)O[C@H](CO)[C@@H](O)[C@@H]4O)[C@H](O)[C@@H](O)[C@@H]3O)[C@H](O)[C@H](O)[C@H]2O)[C@H](O)[C@H](O)[C@H]1O. The molecule has 4 aliphatic heterocycles. The van der Waals surface area contributed by atoms with E-state index < -0.39 is 149 Å². The van der Waals surface area contributed by atoms with Gasteiger partial charge in [-0.3, -0.25) is 0 Å². The third-order valence-corrected chi connectivity index (χ3v) is 8.26. The number of ether oxygens (including phenoxy) is 7. The minimum absolute atomic E-state index is 0. The molecule has 0 aromatic heterocycles. The molecule has 0 amide bonds. The van der Waals surface area contributed by atoms with Crippen LogP contribution < -0.4 is 0 Å². The Morgan fingerprint density at radius 1 is 0.438 bits per heavy atom. The average molecular weight is 721 g/mol. The van der Waals surface area contributed by atoms with E-state index in [0.29, 0.717) is 0 Å².